The van der Waals surface area contributed by atoms with Crippen molar-refractivity contribution < 1.29 is 9.53 Å². The third kappa shape index (κ3) is 2.23. The number of hydrogen-bond donors (Lipinski definition) is 0. The van der Waals surface area contributed by atoms with Crippen molar-refractivity contribution in [2.45, 2.75) is 0 Å². The zero-order valence-electron chi connectivity index (χ0n) is 9.33. The molecule has 0 N–H and O–H groups in total. The second-order valence-corrected chi connectivity index (χ2v) is 3.71. The van der Waals surface area contributed by atoms with Gasteiger partial charge in [0, 0.05) is 24.7 Å². The molecule has 2 aromatic rings. The van der Waals surface area contributed by atoms with E-state index in [-0.39, 0.29) is 10.6 Å². The van der Waals surface area contributed by atoms with Crippen molar-refractivity contribution in [1.82, 2.24) is 14.5 Å². The molecule has 6 nitrogen and oxygen atoms in total. The predicted octanol–water partition coefficient (Wildman–Crippen LogP) is 1.07. The molecule has 2 aromatic heterocycles. The standard InChI is InChI=1S/C11H8ClN3O3/c1-18-11(17)7-6-15(10(16)4-8(7)12)9-5-13-2-3-14-9/h2-6H,1H3. The van der Waals surface area contributed by atoms with Crippen LogP contribution in [0.3, 0.4) is 0 Å². The lowest BCUT2D eigenvalue weighted by atomic mass is 10.3. The summed E-state index contributed by atoms with van der Waals surface area (Å²) < 4.78 is 5.74. The van der Waals surface area contributed by atoms with Gasteiger partial charge in [-0.25, -0.2) is 9.78 Å². The van der Waals surface area contributed by atoms with Gasteiger partial charge in [0.1, 0.15) is 0 Å². The van der Waals surface area contributed by atoms with Gasteiger partial charge < -0.3 is 4.74 Å². The van der Waals surface area contributed by atoms with Crippen LogP contribution in [0.15, 0.2) is 35.6 Å². The maximum atomic E-state index is 11.8. The molecule has 0 fully saturated rings. The van der Waals surface area contributed by atoms with Crippen molar-refractivity contribution in [1.29, 1.82) is 0 Å². The highest BCUT2D eigenvalue weighted by Gasteiger charge is 2.14. The summed E-state index contributed by atoms with van der Waals surface area (Å²) in [6, 6.07) is 1.13. The molecule has 0 bridgehead atoms. The molecule has 0 atom stereocenters. The number of ether oxygens (including phenoxy) is 1. The SMILES string of the molecule is COC(=O)c1cn(-c2cnccn2)c(=O)cc1Cl. The fourth-order valence-corrected chi connectivity index (χ4v) is 1.58. The lowest BCUT2D eigenvalue weighted by Crippen LogP contribution is -2.20. The normalized spacial score (nSPS) is 10.1. The number of carbonyl (C=O) groups is 1. The lowest BCUT2D eigenvalue weighted by Gasteiger charge is -2.07. The number of nitrogens with zero attached hydrogens (tertiary/aromatic N) is 3. The summed E-state index contributed by atoms with van der Waals surface area (Å²) in [5.41, 5.74) is -0.322. The average molecular weight is 266 g/mol. The fourth-order valence-electron chi connectivity index (χ4n) is 1.36. The highest BCUT2D eigenvalue weighted by molar-refractivity contribution is 6.33. The van der Waals surface area contributed by atoms with Crippen LogP contribution in [0.1, 0.15) is 10.4 Å². The van der Waals surface area contributed by atoms with Crippen molar-refractivity contribution in [3.05, 3.63) is 51.8 Å². The number of carbonyl (C=O) groups excluding carboxylic acids is 1. The Morgan fingerprint density at radius 1 is 1.44 bits per heavy atom. The molecule has 0 amide bonds. The van der Waals surface area contributed by atoms with Gasteiger partial charge in [-0.15, -0.1) is 0 Å². The number of methoxy groups -OCH3 is 1. The zero-order valence-corrected chi connectivity index (χ0v) is 10.1. The molecule has 0 aromatic carbocycles. The van der Waals surface area contributed by atoms with Crippen molar-refractivity contribution in [2.75, 3.05) is 7.11 Å². The average Bonchev–Trinajstić information content (AvgIpc) is 2.39. The first kappa shape index (κ1) is 12.3. The summed E-state index contributed by atoms with van der Waals surface area (Å²) in [5.74, 6) is -0.332. The molecule has 92 valence electrons. The molecule has 0 spiro atoms. The first-order valence-corrected chi connectivity index (χ1v) is 5.28. The van der Waals surface area contributed by atoms with Gasteiger partial charge in [-0.2, -0.15) is 0 Å². The molecule has 0 aliphatic rings. The monoisotopic (exact) mass is 265 g/mol. The number of hydrogen-bond acceptors (Lipinski definition) is 5. The van der Waals surface area contributed by atoms with Crippen LogP contribution >= 0.6 is 11.6 Å². The number of rotatable bonds is 2. The predicted molar refractivity (Wildman–Crippen MR) is 64.0 cm³/mol. The Balaban J connectivity index is 2.63. The smallest absolute Gasteiger partial charge is 0.340 e. The third-order valence-electron chi connectivity index (χ3n) is 2.20. The largest absolute Gasteiger partial charge is 0.465 e. The van der Waals surface area contributed by atoms with E-state index in [1.807, 2.05) is 0 Å². The molecular weight excluding hydrogens is 258 g/mol. The summed E-state index contributed by atoms with van der Waals surface area (Å²) in [7, 11) is 1.23. The number of esters is 1. The minimum absolute atomic E-state index is 0.0343. The van der Waals surface area contributed by atoms with Crippen LogP contribution in [0.4, 0.5) is 0 Å². The van der Waals surface area contributed by atoms with Gasteiger partial charge in [-0.1, -0.05) is 11.6 Å². The van der Waals surface area contributed by atoms with Gasteiger partial charge in [0.15, 0.2) is 5.82 Å². The van der Waals surface area contributed by atoms with E-state index in [2.05, 4.69) is 14.7 Å². The molecule has 2 heterocycles. The molecule has 2 rings (SSSR count). The minimum Gasteiger partial charge on any atom is -0.465 e. The molecule has 0 unspecified atom stereocenters. The van der Waals surface area contributed by atoms with E-state index in [1.165, 1.54) is 36.5 Å². The molecular formula is C11H8ClN3O3. The van der Waals surface area contributed by atoms with Crippen LogP contribution in [0.5, 0.6) is 0 Å². The lowest BCUT2D eigenvalue weighted by molar-refractivity contribution is 0.0600. The highest BCUT2D eigenvalue weighted by atomic mass is 35.5. The molecule has 0 saturated heterocycles. The topological polar surface area (TPSA) is 74.1 Å². The number of aromatic nitrogens is 3. The number of halogens is 1. The molecule has 18 heavy (non-hydrogen) atoms. The van der Waals surface area contributed by atoms with Gasteiger partial charge in [0.05, 0.1) is 23.9 Å². The van der Waals surface area contributed by atoms with E-state index >= 15 is 0 Å². The van der Waals surface area contributed by atoms with Gasteiger partial charge in [0.2, 0.25) is 0 Å². The Labute approximate surface area is 107 Å². The summed E-state index contributed by atoms with van der Waals surface area (Å²) >= 11 is 5.81. The van der Waals surface area contributed by atoms with Gasteiger partial charge in [-0.05, 0) is 0 Å². The van der Waals surface area contributed by atoms with E-state index in [0.29, 0.717) is 5.82 Å². The van der Waals surface area contributed by atoms with Crippen molar-refractivity contribution in [2.24, 2.45) is 0 Å². The summed E-state index contributed by atoms with van der Waals surface area (Å²) in [4.78, 5) is 31.1. The molecule has 0 saturated carbocycles. The Morgan fingerprint density at radius 2 is 2.22 bits per heavy atom. The van der Waals surface area contributed by atoms with Crippen LogP contribution in [-0.2, 0) is 4.74 Å². The van der Waals surface area contributed by atoms with Gasteiger partial charge >= 0.3 is 5.97 Å². The fraction of sp³-hybridized carbons (Fsp3) is 0.0909. The third-order valence-corrected chi connectivity index (χ3v) is 2.52. The Kier molecular flexibility index (Phi) is 3.38. The van der Waals surface area contributed by atoms with Crippen molar-refractivity contribution in [3.63, 3.8) is 0 Å². The summed E-state index contributed by atoms with van der Waals surface area (Å²) in [5, 5.41) is 0.0343. The Bertz CT molecular complexity index is 640. The van der Waals surface area contributed by atoms with E-state index in [0.717, 1.165) is 6.07 Å². The first-order chi connectivity index (χ1) is 8.63. The van der Waals surface area contributed by atoms with Crippen molar-refractivity contribution >= 4 is 17.6 Å². The molecule has 0 aliphatic carbocycles. The van der Waals surface area contributed by atoms with E-state index in [9.17, 15) is 9.59 Å². The second-order valence-electron chi connectivity index (χ2n) is 3.30. The summed E-state index contributed by atoms with van der Waals surface area (Å²) in [6.07, 6.45) is 5.59. The van der Waals surface area contributed by atoms with Crippen LogP contribution in [-0.4, -0.2) is 27.6 Å². The van der Waals surface area contributed by atoms with Crippen LogP contribution in [0, 0.1) is 0 Å². The maximum absolute atomic E-state index is 11.8. The van der Waals surface area contributed by atoms with Crippen LogP contribution in [0.25, 0.3) is 5.82 Å². The maximum Gasteiger partial charge on any atom is 0.340 e. The summed E-state index contributed by atoms with van der Waals surface area (Å²) in [6.45, 7) is 0. The molecule has 0 radical (unpaired) electrons. The second kappa shape index (κ2) is 4.97. The van der Waals surface area contributed by atoms with Crippen LogP contribution in [0.2, 0.25) is 5.02 Å². The van der Waals surface area contributed by atoms with Gasteiger partial charge in [-0.3, -0.25) is 14.3 Å². The zero-order chi connectivity index (χ0) is 13.1. The van der Waals surface area contributed by atoms with Crippen molar-refractivity contribution in [3.8, 4) is 5.82 Å². The van der Waals surface area contributed by atoms with E-state index in [1.54, 1.807) is 0 Å². The van der Waals surface area contributed by atoms with E-state index < -0.39 is 11.5 Å². The highest BCUT2D eigenvalue weighted by Crippen LogP contribution is 2.15. The van der Waals surface area contributed by atoms with E-state index in [4.69, 9.17) is 11.6 Å². The quantitative estimate of drug-likeness (QED) is 0.759. The number of pyridine rings is 1. The molecule has 7 heteroatoms. The minimum atomic E-state index is -0.627. The van der Waals surface area contributed by atoms with Gasteiger partial charge in [0.25, 0.3) is 5.56 Å². The Morgan fingerprint density at radius 3 is 2.83 bits per heavy atom. The first-order valence-electron chi connectivity index (χ1n) is 4.90. The molecule has 0 aliphatic heterocycles. The Hall–Kier alpha value is -2.21. The van der Waals surface area contributed by atoms with Crippen LogP contribution < -0.4 is 5.56 Å².